The number of unbranched alkanes of at least 4 members (excludes halogenated alkanes) is 8. The van der Waals surface area contributed by atoms with Crippen molar-refractivity contribution in [3.8, 4) is 0 Å². The zero-order chi connectivity index (χ0) is 12.9. The van der Waals surface area contributed by atoms with Crippen molar-refractivity contribution in [3.05, 3.63) is 0 Å². The van der Waals surface area contributed by atoms with Crippen LogP contribution in [0.15, 0.2) is 0 Å². The third kappa shape index (κ3) is 13.9. The van der Waals surface area contributed by atoms with Gasteiger partial charge in [-0.1, -0.05) is 70.1 Å². The monoisotopic (exact) mass is 260 g/mol. The molecule has 0 radical (unpaired) electrons. The van der Waals surface area contributed by atoms with Gasteiger partial charge in [0.1, 0.15) is 5.44 Å². The lowest BCUT2D eigenvalue weighted by atomic mass is 10.1. The molecule has 1 atom stereocenters. The Hall–Kier alpha value is -0.0200. The van der Waals surface area contributed by atoms with E-state index in [9.17, 15) is 4.79 Å². The van der Waals surface area contributed by atoms with Gasteiger partial charge in [0, 0.05) is 6.42 Å². The van der Waals surface area contributed by atoms with Gasteiger partial charge in [-0.15, -0.1) is 0 Å². The second-order valence-corrected chi connectivity index (χ2v) is 6.04. The highest BCUT2D eigenvalue weighted by atomic mass is 32.2. The molecular weight excluding hydrogens is 232 g/mol. The highest BCUT2D eigenvalue weighted by Gasteiger charge is 2.05. The highest BCUT2D eigenvalue weighted by Crippen LogP contribution is 2.15. The summed E-state index contributed by atoms with van der Waals surface area (Å²) < 4.78 is 0. The van der Waals surface area contributed by atoms with Crippen LogP contribution in [0.1, 0.15) is 78.1 Å². The quantitative estimate of drug-likeness (QED) is 0.439. The zero-order valence-corrected chi connectivity index (χ0v) is 12.2. The van der Waals surface area contributed by atoms with Crippen molar-refractivity contribution >= 4 is 16.9 Å². The first-order valence-electron chi connectivity index (χ1n) is 7.04. The van der Waals surface area contributed by atoms with Crippen LogP contribution < -0.4 is 0 Å². The number of carbonyl (C=O) groups excluding carboxylic acids is 1. The van der Waals surface area contributed by atoms with Crippen LogP contribution in [0.5, 0.6) is 0 Å². The summed E-state index contributed by atoms with van der Waals surface area (Å²) in [6.07, 6.45) is 12.1. The van der Waals surface area contributed by atoms with Crippen molar-refractivity contribution in [3.63, 3.8) is 0 Å². The number of carbonyl (C=O) groups is 1. The molecule has 1 unspecified atom stereocenters. The molecule has 0 aromatic carbocycles. The van der Waals surface area contributed by atoms with Crippen LogP contribution in [0.4, 0.5) is 0 Å². The van der Waals surface area contributed by atoms with E-state index < -0.39 is 5.44 Å². The van der Waals surface area contributed by atoms with Crippen molar-refractivity contribution in [2.45, 2.75) is 83.5 Å². The van der Waals surface area contributed by atoms with Crippen LogP contribution in [-0.4, -0.2) is 15.7 Å². The molecule has 102 valence electrons. The predicted molar refractivity (Wildman–Crippen MR) is 76.1 cm³/mol. The summed E-state index contributed by atoms with van der Waals surface area (Å²) in [7, 11) is 0. The van der Waals surface area contributed by atoms with Gasteiger partial charge in [-0.2, -0.15) is 0 Å². The van der Waals surface area contributed by atoms with Gasteiger partial charge in [0.15, 0.2) is 5.12 Å². The number of thioether (sulfide) groups is 1. The Bertz CT molecular complexity index is 181. The topological polar surface area (TPSA) is 37.3 Å². The Labute approximate surface area is 111 Å². The van der Waals surface area contributed by atoms with Gasteiger partial charge in [0.25, 0.3) is 0 Å². The summed E-state index contributed by atoms with van der Waals surface area (Å²) in [5.74, 6) is 0. The van der Waals surface area contributed by atoms with Crippen molar-refractivity contribution in [2.75, 3.05) is 0 Å². The van der Waals surface area contributed by atoms with Crippen LogP contribution >= 0.6 is 11.8 Å². The van der Waals surface area contributed by atoms with Crippen LogP contribution in [-0.2, 0) is 4.79 Å². The van der Waals surface area contributed by atoms with Gasteiger partial charge in [-0.05, 0) is 13.3 Å². The number of hydrogen-bond acceptors (Lipinski definition) is 3. The molecule has 1 N–H and O–H groups in total. The normalized spacial score (nSPS) is 12.6. The van der Waals surface area contributed by atoms with E-state index in [0.29, 0.717) is 6.42 Å². The molecule has 17 heavy (non-hydrogen) atoms. The first-order valence-corrected chi connectivity index (χ1v) is 7.92. The van der Waals surface area contributed by atoms with Crippen molar-refractivity contribution < 1.29 is 9.90 Å². The maximum atomic E-state index is 11.3. The summed E-state index contributed by atoms with van der Waals surface area (Å²) in [5.41, 5.74) is -0.555. The van der Waals surface area contributed by atoms with Crippen molar-refractivity contribution in [1.82, 2.24) is 0 Å². The van der Waals surface area contributed by atoms with E-state index in [-0.39, 0.29) is 5.12 Å². The lowest BCUT2D eigenvalue weighted by Gasteiger charge is -2.03. The molecule has 3 heteroatoms. The summed E-state index contributed by atoms with van der Waals surface area (Å²) in [4.78, 5) is 11.3. The van der Waals surface area contributed by atoms with E-state index in [2.05, 4.69) is 6.92 Å². The first-order chi connectivity index (χ1) is 8.16. The largest absolute Gasteiger partial charge is 0.382 e. The van der Waals surface area contributed by atoms with Gasteiger partial charge in [0.05, 0.1) is 0 Å². The minimum atomic E-state index is -0.555. The Morgan fingerprint density at radius 1 is 1.00 bits per heavy atom. The molecular formula is C14H28O2S. The third-order valence-electron chi connectivity index (χ3n) is 2.79. The highest BCUT2D eigenvalue weighted by molar-refractivity contribution is 8.13. The molecule has 0 amide bonds. The molecule has 0 aromatic heterocycles. The summed E-state index contributed by atoms with van der Waals surface area (Å²) >= 11 is 1.05. The Morgan fingerprint density at radius 3 is 1.94 bits per heavy atom. The second kappa shape index (κ2) is 12.4. The second-order valence-electron chi connectivity index (χ2n) is 4.67. The zero-order valence-electron chi connectivity index (χ0n) is 11.4. The summed E-state index contributed by atoms with van der Waals surface area (Å²) in [5, 5.41) is 9.14. The van der Waals surface area contributed by atoms with Crippen molar-refractivity contribution in [2.24, 2.45) is 0 Å². The van der Waals surface area contributed by atoms with E-state index in [1.165, 1.54) is 44.9 Å². The fourth-order valence-electron chi connectivity index (χ4n) is 1.83. The average molecular weight is 260 g/mol. The summed E-state index contributed by atoms with van der Waals surface area (Å²) in [6.45, 7) is 3.88. The predicted octanol–water partition coefficient (Wildman–Crippen LogP) is 4.51. The molecule has 0 saturated heterocycles. The maximum Gasteiger partial charge on any atom is 0.191 e. The number of aliphatic hydroxyl groups excluding tert-OH is 1. The van der Waals surface area contributed by atoms with Crippen LogP contribution in [0.2, 0.25) is 0 Å². The molecule has 0 aliphatic carbocycles. The van der Waals surface area contributed by atoms with Crippen molar-refractivity contribution in [1.29, 1.82) is 0 Å². The van der Waals surface area contributed by atoms with E-state index in [4.69, 9.17) is 5.11 Å². The SMILES string of the molecule is CCCCCCCCCCCC(=O)SC(C)O. The van der Waals surface area contributed by atoms with Gasteiger partial charge in [-0.3, -0.25) is 4.79 Å². The molecule has 0 aromatic rings. The standard InChI is InChI=1S/C14H28O2S/c1-3-4-5-6-7-8-9-10-11-12-14(16)17-13(2)15/h13,15H,3-12H2,1-2H3. The Balaban J connectivity index is 3.10. The Morgan fingerprint density at radius 2 is 1.47 bits per heavy atom. The van der Waals surface area contributed by atoms with Gasteiger partial charge >= 0.3 is 0 Å². The molecule has 0 heterocycles. The molecule has 2 nitrogen and oxygen atoms in total. The molecule has 0 spiro atoms. The van der Waals surface area contributed by atoms with E-state index in [0.717, 1.165) is 24.6 Å². The number of aliphatic hydroxyl groups is 1. The molecule has 0 saturated carbocycles. The lowest BCUT2D eigenvalue weighted by Crippen LogP contribution is -2.00. The average Bonchev–Trinajstić information content (AvgIpc) is 2.26. The molecule has 0 bridgehead atoms. The molecule has 0 rings (SSSR count). The Kier molecular flexibility index (Phi) is 12.4. The number of hydrogen-bond donors (Lipinski definition) is 1. The van der Waals surface area contributed by atoms with E-state index in [1.807, 2.05) is 0 Å². The molecule has 0 aliphatic heterocycles. The van der Waals surface area contributed by atoms with Gasteiger partial charge < -0.3 is 5.11 Å². The van der Waals surface area contributed by atoms with Crippen LogP contribution in [0, 0.1) is 0 Å². The fraction of sp³-hybridized carbons (Fsp3) is 0.929. The fourth-order valence-corrected chi connectivity index (χ4v) is 2.47. The van der Waals surface area contributed by atoms with Crippen LogP contribution in [0.3, 0.4) is 0 Å². The molecule has 0 aliphatic rings. The minimum absolute atomic E-state index is 0.128. The lowest BCUT2D eigenvalue weighted by molar-refractivity contribution is -0.111. The van der Waals surface area contributed by atoms with Crippen LogP contribution in [0.25, 0.3) is 0 Å². The van der Waals surface area contributed by atoms with E-state index in [1.54, 1.807) is 6.92 Å². The minimum Gasteiger partial charge on any atom is -0.382 e. The summed E-state index contributed by atoms with van der Waals surface area (Å²) in [6, 6.07) is 0. The maximum absolute atomic E-state index is 11.3. The third-order valence-corrected chi connectivity index (χ3v) is 3.59. The van der Waals surface area contributed by atoms with E-state index >= 15 is 0 Å². The molecule has 0 fully saturated rings. The number of rotatable bonds is 11. The van der Waals surface area contributed by atoms with Gasteiger partial charge in [0.2, 0.25) is 0 Å². The van der Waals surface area contributed by atoms with Gasteiger partial charge in [-0.25, -0.2) is 0 Å². The smallest absolute Gasteiger partial charge is 0.191 e. The first kappa shape index (κ1) is 17.0.